The maximum absolute atomic E-state index is 13.1. The molecule has 2 N–H and O–H groups in total. The number of halogens is 4. The number of carbonyl (C=O) groups is 1. The predicted molar refractivity (Wildman–Crippen MR) is 146 cm³/mol. The monoisotopic (exact) mass is 587 g/mol. The number of nitrogens with zero attached hydrogens (tertiary/aromatic N) is 5. The summed E-state index contributed by atoms with van der Waals surface area (Å²) < 4.78 is 52.3. The van der Waals surface area contributed by atoms with E-state index >= 15 is 0 Å². The molecule has 0 spiro atoms. The van der Waals surface area contributed by atoms with Crippen LogP contribution in [0.3, 0.4) is 0 Å². The largest absolute Gasteiger partial charge is 0.439 e. The van der Waals surface area contributed by atoms with E-state index in [4.69, 9.17) is 21.1 Å². The number of aromatic nitrogens is 4. The molecule has 0 aliphatic carbocycles. The normalized spacial score (nSPS) is 14.0. The van der Waals surface area contributed by atoms with Gasteiger partial charge >= 0.3 is 12.2 Å². The lowest BCUT2D eigenvalue weighted by Crippen LogP contribution is -2.38. The number of anilines is 2. The van der Waals surface area contributed by atoms with Crippen LogP contribution in [0.5, 0.6) is 11.6 Å². The number of hydrogen-bond acceptors (Lipinski definition) is 7. The van der Waals surface area contributed by atoms with E-state index in [1.54, 1.807) is 36.5 Å². The molecular formula is C27H25ClF3N7O3. The minimum absolute atomic E-state index is 0.0543. The second kappa shape index (κ2) is 12.5. The smallest absolute Gasteiger partial charge is 0.417 e. The molecule has 2 amide bonds. The lowest BCUT2D eigenvalue weighted by Gasteiger charge is -2.26. The average molecular weight is 588 g/mol. The summed E-state index contributed by atoms with van der Waals surface area (Å²) in [5.41, 5.74) is 0.782. The quantitative estimate of drug-likeness (QED) is 0.269. The van der Waals surface area contributed by atoms with E-state index in [1.807, 2.05) is 10.9 Å². The lowest BCUT2D eigenvalue weighted by molar-refractivity contribution is -0.137. The number of alkyl halides is 3. The molecule has 1 aliphatic rings. The number of nitrogens with one attached hydrogen (secondary N) is 2. The van der Waals surface area contributed by atoms with Gasteiger partial charge in [0.25, 0.3) is 0 Å². The standard InChI is InChI=1S/C27H25ClF3N7O3/c28-23-6-3-20(13-22(23)27(29,30)31)36-26(39)35-19-1-4-21(5-2-19)41-25-14-24(32-17-33-25)18-15-34-38(16-18)8-7-37-9-11-40-12-10-37/h1-6,13-17H,7-12H2,(H2,35,36,39). The molecule has 1 aliphatic heterocycles. The van der Waals surface area contributed by atoms with Gasteiger partial charge in [-0.05, 0) is 42.5 Å². The first-order valence-corrected chi connectivity index (χ1v) is 13.0. The molecule has 0 bridgehead atoms. The Hall–Kier alpha value is -4.20. The van der Waals surface area contributed by atoms with Crippen LogP contribution >= 0.6 is 11.6 Å². The van der Waals surface area contributed by atoms with Crippen LogP contribution in [0.1, 0.15) is 5.56 Å². The van der Waals surface area contributed by atoms with Crippen LogP contribution in [0.4, 0.5) is 29.3 Å². The molecule has 14 heteroatoms. The van der Waals surface area contributed by atoms with Gasteiger partial charge in [-0.2, -0.15) is 18.3 Å². The van der Waals surface area contributed by atoms with Crippen LogP contribution in [0, 0.1) is 0 Å². The van der Waals surface area contributed by atoms with Crippen molar-refractivity contribution in [3.63, 3.8) is 0 Å². The van der Waals surface area contributed by atoms with E-state index in [0.717, 1.165) is 57.1 Å². The Balaban J connectivity index is 1.15. The van der Waals surface area contributed by atoms with Crippen LogP contribution in [0.25, 0.3) is 11.3 Å². The summed E-state index contributed by atoms with van der Waals surface area (Å²) in [5.74, 6) is 0.770. The number of urea groups is 1. The Morgan fingerprint density at radius 2 is 1.73 bits per heavy atom. The van der Waals surface area contributed by atoms with Crippen molar-refractivity contribution in [3.05, 3.63) is 77.8 Å². The zero-order valence-electron chi connectivity index (χ0n) is 21.6. The Morgan fingerprint density at radius 3 is 2.49 bits per heavy atom. The highest BCUT2D eigenvalue weighted by Crippen LogP contribution is 2.36. The highest BCUT2D eigenvalue weighted by atomic mass is 35.5. The van der Waals surface area contributed by atoms with E-state index in [-0.39, 0.29) is 5.69 Å². The topological polar surface area (TPSA) is 106 Å². The number of carbonyl (C=O) groups excluding carboxylic acids is 1. The third-order valence-corrected chi connectivity index (χ3v) is 6.51. The van der Waals surface area contributed by atoms with E-state index < -0.39 is 22.8 Å². The molecule has 1 fully saturated rings. The zero-order chi connectivity index (χ0) is 28.8. The van der Waals surface area contributed by atoms with E-state index in [1.165, 1.54) is 12.4 Å². The van der Waals surface area contributed by atoms with Gasteiger partial charge in [-0.25, -0.2) is 14.8 Å². The fourth-order valence-corrected chi connectivity index (χ4v) is 4.31. The Labute approximate surface area is 238 Å². The number of hydrogen-bond donors (Lipinski definition) is 2. The summed E-state index contributed by atoms with van der Waals surface area (Å²) in [4.78, 5) is 23.1. The van der Waals surface area contributed by atoms with Crippen molar-refractivity contribution in [1.29, 1.82) is 0 Å². The van der Waals surface area contributed by atoms with Gasteiger partial charge in [0.05, 0.1) is 42.2 Å². The number of rotatable bonds is 8. The third-order valence-electron chi connectivity index (χ3n) is 6.18. The lowest BCUT2D eigenvalue weighted by atomic mass is 10.2. The van der Waals surface area contributed by atoms with Crippen molar-refractivity contribution in [1.82, 2.24) is 24.6 Å². The molecule has 41 heavy (non-hydrogen) atoms. The van der Waals surface area contributed by atoms with Gasteiger partial charge < -0.3 is 20.1 Å². The molecule has 2 aromatic carbocycles. The summed E-state index contributed by atoms with van der Waals surface area (Å²) >= 11 is 5.62. The first kappa shape index (κ1) is 28.3. The maximum atomic E-state index is 13.1. The number of benzene rings is 2. The van der Waals surface area contributed by atoms with Crippen molar-refractivity contribution in [2.45, 2.75) is 12.7 Å². The zero-order valence-corrected chi connectivity index (χ0v) is 22.3. The highest BCUT2D eigenvalue weighted by Gasteiger charge is 2.33. The fraction of sp³-hybridized carbons (Fsp3) is 0.259. The third kappa shape index (κ3) is 7.72. The Bertz CT molecular complexity index is 1490. The van der Waals surface area contributed by atoms with E-state index in [0.29, 0.717) is 23.0 Å². The second-order valence-corrected chi connectivity index (χ2v) is 9.49. The average Bonchev–Trinajstić information content (AvgIpc) is 3.43. The minimum Gasteiger partial charge on any atom is -0.439 e. The maximum Gasteiger partial charge on any atom is 0.417 e. The van der Waals surface area contributed by atoms with Gasteiger partial charge in [0.1, 0.15) is 12.1 Å². The molecule has 0 radical (unpaired) electrons. The van der Waals surface area contributed by atoms with Gasteiger partial charge in [-0.15, -0.1) is 0 Å². The predicted octanol–water partition coefficient (Wildman–Crippen LogP) is 5.78. The highest BCUT2D eigenvalue weighted by molar-refractivity contribution is 6.31. The van der Waals surface area contributed by atoms with Gasteiger partial charge in [0.2, 0.25) is 5.88 Å². The molecule has 214 valence electrons. The van der Waals surface area contributed by atoms with Crippen molar-refractivity contribution in [2.24, 2.45) is 0 Å². The van der Waals surface area contributed by atoms with Gasteiger partial charge in [-0.3, -0.25) is 9.58 Å². The van der Waals surface area contributed by atoms with Crippen LogP contribution < -0.4 is 15.4 Å². The van der Waals surface area contributed by atoms with Crippen molar-refractivity contribution in [2.75, 3.05) is 43.5 Å². The molecule has 10 nitrogen and oxygen atoms in total. The second-order valence-electron chi connectivity index (χ2n) is 9.09. The number of ether oxygens (including phenoxy) is 2. The van der Waals surface area contributed by atoms with E-state index in [2.05, 4.69) is 30.6 Å². The van der Waals surface area contributed by atoms with Crippen molar-refractivity contribution < 1.29 is 27.4 Å². The van der Waals surface area contributed by atoms with Crippen molar-refractivity contribution >= 4 is 29.0 Å². The van der Waals surface area contributed by atoms with Crippen LogP contribution in [0.15, 0.2) is 67.3 Å². The van der Waals surface area contributed by atoms with Gasteiger partial charge in [-0.1, -0.05) is 11.6 Å². The fourth-order valence-electron chi connectivity index (χ4n) is 4.08. The van der Waals surface area contributed by atoms with Crippen LogP contribution in [-0.4, -0.2) is 63.5 Å². The van der Waals surface area contributed by atoms with Gasteiger partial charge in [0.15, 0.2) is 0 Å². The van der Waals surface area contributed by atoms with Crippen molar-refractivity contribution in [3.8, 4) is 22.9 Å². The van der Waals surface area contributed by atoms with Crippen LogP contribution in [0.2, 0.25) is 5.02 Å². The molecule has 0 saturated carbocycles. The molecule has 0 unspecified atom stereocenters. The Kier molecular flexibility index (Phi) is 8.67. The van der Waals surface area contributed by atoms with Crippen LogP contribution in [-0.2, 0) is 17.5 Å². The first-order valence-electron chi connectivity index (χ1n) is 12.6. The summed E-state index contributed by atoms with van der Waals surface area (Å²) in [6.07, 6.45) is 0.421. The van der Waals surface area contributed by atoms with E-state index in [9.17, 15) is 18.0 Å². The summed E-state index contributed by atoms with van der Waals surface area (Å²) in [5, 5.41) is 8.89. The molecule has 2 aromatic heterocycles. The molecule has 5 rings (SSSR count). The summed E-state index contributed by atoms with van der Waals surface area (Å²) in [7, 11) is 0. The first-order chi connectivity index (χ1) is 19.7. The van der Waals surface area contributed by atoms with Gasteiger partial charge in [0, 0.05) is 48.8 Å². The number of morpholine rings is 1. The minimum atomic E-state index is -4.64. The molecule has 4 aromatic rings. The molecule has 3 heterocycles. The molecule has 1 saturated heterocycles. The Morgan fingerprint density at radius 1 is 1.00 bits per heavy atom. The summed E-state index contributed by atoms with van der Waals surface area (Å²) in [6.45, 7) is 4.97. The SMILES string of the molecule is O=C(Nc1ccc(Oc2cc(-c3cnn(CCN4CCOCC4)c3)ncn2)cc1)Nc1ccc(Cl)c(C(F)(F)F)c1. The molecular weight excluding hydrogens is 563 g/mol. The summed E-state index contributed by atoms with van der Waals surface area (Å²) in [6, 6.07) is 10.5. The molecule has 0 atom stereocenters. The number of amides is 2.